The van der Waals surface area contributed by atoms with Crippen molar-refractivity contribution in [2.45, 2.75) is 46.6 Å². The van der Waals surface area contributed by atoms with Gasteiger partial charge in [-0.15, -0.1) is 5.10 Å². The van der Waals surface area contributed by atoms with Crippen LogP contribution in [0.3, 0.4) is 0 Å². The van der Waals surface area contributed by atoms with E-state index in [0.29, 0.717) is 11.8 Å². The molecule has 0 amide bonds. The Morgan fingerprint density at radius 3 is 2.63 bits per heavy atom. The SMILES string of the molecule is CCc1nc2sc([C@H](c3cccc(C)c3)N3C[C@H](C)C[C@H](C)C3)c(O)n2n1. The first-order valence-corrected chi connectivity index (χ1v) is 10.7. The second-order valence-corrected chi connectivity index (χ2v) is 9.09. The maximum Gasteiger partial charge on any atom is 0.230 e. The Morgan fingerprint density at radius 2 is 2.00 bits per heavy atom. The van der Waals surface area contributed by atoms with Crippen molar-refractivity contribution in [2.24, 2.45) is 11.8 Å². The summed E-state index contributed by atoms with van der Waals surface area (Å²) >= 11 is 1.56. The molecule has 1 aliphatic heterocycles. The summed E-state index contributed by atoms with van der Waals surface area (Å²) in [5.74, 6) is 2.31. The minimum Gasteiger partial charge on any atom is -0.492 e. The van der Waals surface area contributed by atoms with Gasteiger partial charge in [0.1, 0.15) is 0 Å². The molecule has 3 aromatic rings. The van der Waals surface area contributed by atoms with E-state index in [1.165, 1.54) is 17.5 Å². The zero-order chi connectivity index (χ0) is 19.1. The van der Waals surface area contributed by atoms with Crippen LogP contribution in [0.1, 0.15) is 55.1 Å². The first-order chi connectivity index (χ1) is 13.0. The van der Waals surface area contributed by atoms with Crippen molar-refractivity contribution >= 4 is 16.3 Å². The first-order valence-electron chi connectivity index (χ1n) is 9.84. The minimum atomic E-state index is 0.0358. The molecule has 0 bridgehead atoms. The summed E-state index contributed by atoms with van der Waals surface area (Å²) < 4.78 is 1.61. The number of aromatic hydroxyl groups is 1. The molecule has 0 radical (unpaired) electrons. The molecule has 5 nitrogen and oxygen atoms in total. The van der Waals surface area contributed by atoms with Crippen molar-refractivity contribution in [2.75, 3.05) is 13.1 Å². The summed E-state index contributed by atoms with van der Waals surface area (Å²) in [6, 6.07) is 8.68. The number of thiazole rings is 1. The van der Waals surface area contributed by atoms with Crippen molar-refractivity contribution in [3.63, 3.8) is 0 Å². The van der Waals surface area contributed by atoms with Crippen molar-refractivity contribution in [1.82, 2.24) is 19.5 Å². The van der Waals surface area contributed by atoms with Gasteiger partial charge in [0.25, 0.3) is 0 Å². The van der Waals surface area contributed by atoms with Crippen LogP contribution in [-0.2, 0) is 6.42 Å². The zero-order valence-corrected chi connectivity index (χ0v) is 17.3. The third kappa shape index (κ3) is 3.48. The number of benzene rings is 1. The van der Waals surface area contributed by atoms with Crippen molar-refractivity contribution < 1.29 is 5.11 Å². The number of rotatable bonds is 4. The second-order valence-electron chi connectivity index (χ2n) is 8.08. The zero-order valence-electron chi connectivity index (χ0n) is 16.5. The quantitative estimate of drug-likeness (QED) is 0.723. The number of hydrogen-bond acceptors (Lipinski definition) is 5. The molecule has 0 unspecified atom stereocenters. The predicted molar refractivity (Wildman–Crippen MR) is 109 cm³/mol. The smallest absolute Gasteiger partial charge is 0.230 e. The Labute approximate surface area is 164 Å². The number of aryl methyl sites for hydroxylation is 2. The molecular formula is C21H28N4OS. The van der Waals surface area contributed by atoms with Crippen LogP contribution in [0.15, 0.2) is 24.3 Å². The number of likely N-dealkylation sites (tertiary alicyclic amines) is 1. The topological polar surface area (TPSA) is 53.7 Å². The van der Waals surface area contributed by atoms with Gasteiger partial charge in [-0.3, -0.25) is 4.90 Å². The van der Waals surface area contributed by atoms with E-state index in [1.807, 2.05) is 6.92 Å². The Bertz CT molecular complexity index is 937. The number of hydrogen-bond donors (Lipinski definition) is 1. The Morgan fingerprint density at radius 1 is 1.26 bits per heavy atom. The number of nitrogens with zero attached hydrogens (tertiary/aromatic N) is 4. The molecule has 4 rings (SSSR count). The molecular weight excluding hydrogens is 356 g/mol. The summed E-state index contributed by atoms with van der Waals surface area (Å²) in [4.78, 5) is 8.82. The van der Waals surface area contributed by atoms with E-state index in [-0.39, 0.29) is 11.9 Å². The average molecular weight is 385 g/mol. The lowest BCUT2D eigenvalue weighted by molar-refractivity contribution is 0.112. The van der Waals surface area contributed by atoms with E-state index in [4.69, 9.17) is 0 Å². The van der Waals surface area contributed by atoms with E-state index < -0.39 is 0 Å². The van der Waals surface area contributed by atoms with Crippen molar-refractivity contribution in [3.8, 4) is 5.88 Å². The number of fused-ring (bicyclic) bond motifs is 1. The summed E-state index contributed by atoms with van der Waals surface area (Å²) in [5, 5.41) is 15.5. The molecule has 0 spiro atoms. The first kappa shape index (κ1) is 18.4. The average Bonchev–Trinajstić information content (AvgIpc) is 3.14. The number of aromatic nitrogens is 3. The molecule has 0 aliphatic carbocycles. The minimum absolute atomic E-state index is 0.0358. The van der Waals surface area contributed by atoms with Crippen LogP contribution < -0.4 is 0 Å². The lowest BCUT2D eigenvalue weighted by Crippen LogP contribution is -2.41. The second kappa shape index (κ2) is 7.24. The van der Waals surface area contributed by atoms with Gasteiger partial charge in [-0.2, -0.15) is 4.52 Å². The van der Waals surface area contributed by atoms with Crippen LogP contribution in [0.25, 0.3) is 4.96 Å². The Hall–Kier alpha value is -1.92. The Balaban J connectivity index is 1.82. The highest BCUT2D eigenvalue weighted by atomic mass is 32.1. The number of piperidine rings is 1. The highest BCUT2D eigenvalue weighted by Crippen LogP contribution is 2.42. The molecule has 2 aromatic heterocycles. The van der Waals surface area contributed by atoms with Crippen molar-refractivity contribution in [3.05, 3.63) is 46.1 Å². The molecule has 27 heavy (non-hydrogen) atoms. The van der Waals surface area contributed by atoms with Crippen LogP contribution in [0.5, 0.6) is 5.88 Å². The van der Waals surface area contributed by atoms with Gasteiger partial charge in [-0.25, -0.2) is 4.98 Å². The normalized spacial score (nSPS) is 22.4. The lowest BCUT2D eigenvalue weighted by atomic mass is 9.89. The molecule has 1 aromatic carbocycles. The molecule has 144 valence electrons. The largest absolute Gasteiger partial charge is 0.492 e. The maximum absolute atomic E-state index is 11.0. The van der Waals surface area contributed by atoms with Crippen molar-refractivity contribution in [1.29, 1.82) is 0 Å². The molecule has 1 aliphatic rings. The molecule has 3 heterocycles. The van der Waals surface area contributed by atoms with Crippen LogP contribution in [0.2, 0.25) is 0 Å². The van der Waals surface area contributed by atoms with Gasteiger partial charge >= 0.3 is 0 Å². The van der Waals surface area contributed by atoms with Crippen LogP contribution >= 0.6 is 11.3 Å². The Kier molecular flexibility index (Phi) is 4.95. The van der Waals surface area contributed by atoms with E-state index in [9.17, 15) is 5.11 Å². The fourth-order valence-corrected chi connectivity index (χ4v) is 5.54. The van der Waals surface area contributed by atoms with Gasteiger partial charge in [0, 0.05) is 19.5 Å². The summed E-state index contributed by atoms with van der Waals surface area (Å²) in [5.41, 5.74) is 2.47. The highest BCUT2D eigenvalue weighted by Gasteiger charge is 2.33. The monoisotopic (exact) mass is 384 g/mol. The highest BCUT2D eigenvalue weighted by molar-refractivity contribution is 7.17. The maximum atomic E-state index is 11.0. The van der Waals surface area contributed by atoms with Gasteiger partial charge in [-0.1, -0.05) is 61.9 Å². The molecule has 6 heteroatoms. The fourth-order valence-electron chi connectivity index (χ4n) is 4.41. The van der Waals surface area contributed by atoms with E-state index in [2.05, 4.69) is 60.0 Å². The van der Waals surface area contributed by atoms with E-state index >= 15 is 0 Å². The molecule has 3 atom stereocenters. The third-order valence-corrected chi connectivity index (χ3v) is 6.50. The molecule has 1 N–H and O–H groups in total. The van der Waals surface area contributed by atoms with Gasteiger partial charge in [0.05, 0.1) is 10.9 Å². The summed E-state index contributed by atoms with van der Waals surface area (Å²) in [6.07, 6.45) is 2.03. The third-order valence-electron chi connectivity index (χ3n) is 5.43. The fraction of sp³-hybridized carbons (Fsp3) is 0.524. The van der Waals surface area contributed by atoms with Gasteiger partial charge in [0.15, 0.2) is 5.82 Å². The van der Waals surface area contributed by atoms with Gasteiger partial charge in [-0.05, 0) is 30.7 Å². The van der Waals surface area contributed by atoms with Crippen LogP contribution in [0.4, 0.5) is 0 Å². The molecule has 1 fully saturated rings. The van der Waals surface area contributed by atoms with E-state index in [0.717, 1.165) is 35.2 Å². The standard InChI is InChI=1S/C21H28N4OS/c1-5-17-22-21-25(23-17)20(26)19(27-21)18(16-8-6-7-13(2)10-16)24-11-14(3)9-15(4)12-24/h6-8,10,14-15,18,26H,5,9,11-12H2,1-4H3/t14-,15+,18-/m0/s1. The summed E-state index contributed by atoms with van der Waals surface area (Å²) in [7, 11) is 0. The molecule has 0 saturated carbocycles. The van der Waals surface area contributed by atoms with E-state index in [1.54, 1.807) is 15.9 Å². The van der Waals surface area contributed by atoms with Crippen LogP contribution in [0, 0.1) is 18.8 Å². The van der Waals surface area contributed by atoms with Gasteiger partial charge < -0.3 is 5.11 Å². The molecule has 1 saturated heterocycles. The van der Waals surface area contributed by atoms with Crippen LogP contribution in [-0.4, -0.2) is 37.7 Å². The van der Waals surface area contributed by atoms with Gasteiger partial charge in [0.2, 0.25) is 10.8 Å². The summed E-state index contributed by atoms with van der Waals surface area (Å²) in [6.45, 7) is 10.9. The lowest BCUT2D eigenvalue weighted by Gasteiger charge is -2.40. The predicted octanol–water partition coefficient (Wildman–Crippen LogP) is 4.43.